The van der Waals surface area contributed by atoms with Crippen LogP contribution in [0.1, 0.15) is 46.5 Å². The molecule has 1 fully saturated rings. The minimum atomic E-state index is 0.167. The van der Waals surface area contributed by atoms with Gasteiger partial charge in [0.05, 0.1) is 0 Å². The molecule has 1 aliphatic rings. The van der Waals surface area contributed by atoms with E-state index in [4.69, 9.17) is 5.73 Å². The highest BCUT2D eigenvalue weighted by Gasteiger charge is 2.27. The molecule has 0 aromatic heterocycles. The van der Waals surface area contributed by atoms with Gasteiger partial charge in [0.15, 0.2) is 0 Å². The Kier molecular flexibility index (Phi) is 4.14. The van der Waals surface area contributed by atoms with Gasteiger partial charge >= 0.3 is 0 Å². The smallest absolute Gasteiger partial charge is 0.223 e. The van der Waals surface area contributed by atoms with Gasteiger partial charge in [-0.3, -0.25) is 4.79 Å². The second kappa shape index (κ2) is 4.97. The van der Waals surface area contributed by atoms with Crippen LogP contribution in [-0.4, -0.2) is 18.5 Å². The third kappa shape index (κ3) is 4.65. The molecule has 1 aliphatic carbocycles. The molecule has 0 aromatic carbocycles. The zero-order chi connectivity index (χ0) is 11.5. The molecule has 2 atom stereocenters. The number of rotatable bonds is 3. The van der Waals surface area contributed by atoms with E-state index in [-0.39, 0.29) is 17.9 Å². The van der Waals surface area contributed by atoms with Crippen LogP contribution in [0.15, 0.2) is 0 Å². The lowest BCUT2D eigenvalue weighted by atomic mass is 9.92. The minimum Gasteiger partial charge on any atom is -0.356 e. The van der Waals surface area contributed by atoms with Crippen molar-refractivity contribution >= 4 is 5.91 Å². The first kappa shape index (κ1) is 12.5. The average Bonchev–Trinajstić information content (AvgIpc) is 2.49. The van der Waals surface area contributed by atoms with E-state index in [9.17, 15) is 4.79 Å². The van der Waals surface area contributed by atoms with Crippen LogP contribution in [0.3, 0.4) is 0 Å². The van der Waals surface area contributed by atoms with Crippen LogP contribution >= 0.6 is 0 Å². The third-order valence-corrected chi connectivity index (χ3v) is 3.02. The molecule has 3 heteroatoms. The van der Waals surface area contributed by atoms with Gasteiger partial charge in [0.25, 0.3) is 0 Å². The van der Waals surface area contributed by atoms with Crippen molar-refractivity contribution in [1.29, 1.82) is 0 Å². The van der Waals surface area contributed by atoms with Crippen LogP contribution in [0.2, 0.25) is 0 Å². The third-order valence-electron chi connectivity index (χ3n) is 3.02. The van der Waals surface area contributed by atoms with Crippen molar-refractivity contribution in [2.45, 2.75) is 52.5 Å². The minimum absolute atomic E-state index is 0.167. The summed E-state index contributed by atoms with van der Waals surface area (Å²) in [5.74, 6) is 0.368. The fourth-order valence-electron chi connectivity index (χ4n) is 1.96. The predicted octanol–water partition coefficient (Wildman–Crippen LogP) is 1.67. The molecule has 1 amide bonds. The Hall–Kier alpha value is -0.570. The quantitative estimate of drug-likeness (QED) is 0.747. The molecule has 15 heavy (non-hydrogen) atoms. The predicted molar refractivity (Wildman–Crippen MR) is 62.4 cm³/mol. The first-order valence-electron chi connectivity index (χ1n) is 5.92. The molecule has 0 radical (unpaired) electrons. The summed E-state index contributed by atoms with van der Waals surface area (Å²) in [6, 6.07) is 0.239. The van der Waals surface area contributed by atoms with Crippen LogP contribution in [0.5, 0.6) is 0 Å². The summed E-state index contributed by atoms with van der Waals surface area (Å²) >= 11 is 0. The molecule has 3 nitrogen and oxygen atoms in total. The number of amides is 1. The first-order valence-corrected chi connectivity index (χ1v) is 5.92. The van der Waals surface area contributed by atoms with E-state index >= 15 is 0 Å². The molecular weight excluding hydrogens is 188 g/mol. The molecule has 88 valence electrons. The van der Waals surface area contributed by atoms with Gasteiger partial charge < -0.3 is 11.1 Å². The molecule has 0 aromatic rings. The average molecular weight is 212 g/mol. The lowest BCUT2D eigenvalue weighted by molar-refractivity contribution is -0.124. The number of nitrogens with one attached hydrogen (secondary N) is 1. The van der Waals surface area contributed by atoms with E-state index in [1.165, 1.54) is 0 Å². The summed E-state index contributed by atoms with van der Waals surface area (Å²) in [4.78, 5) is 11.7. The highest BCUT2D eigenvalue weighted by molar-refractivity contribution is 5.78. The van der Waals surface area contributed by atoms with Crippen molar-refractivity contribution in [3.63, 3.8) is 0 Å². The topological polar surface area (TPSA) is 55.1 Å². The van der Waals surface area contributed by atoms with E-state index in [1.807, 2.05) is 0 Å². The summed E-state index contributed by atoms with van der Waals surface area (Å²) in [5.41, 5.74) is 6.07. The Morgan fingerprint density at radius 2 is 2.07 bits per heavy atom. The number of carbonyl (C=O) groups excluding carboxylic acids is 1. The summed E-state index contributed by atoms with van der Waals surface area (Å²) in [7, 11) is 0. The number of hydrogen-bond acceptors (Lipinski definition) is 2. The van der Waals surface area contributed by atoms with E-state index in [2.05, 4.69) is 26.1 Å². The van der Waals surface area contributed by atoms with Crippen molar-refractivity contribution in [3.05, 3.63) is 0 Å². The zero-order valence-corrected chi connectivity index (χ0v) is 10.2. The normalized spacial score (nSPS) is 26.7. The molecule has 0 bridgehead atoms. The number of carbonyl (C=O) groups is 1. The van der Waals surface area contributed by atoms with Crippen molar-refractivity contribution in [3.8, 4) is 0 Å². The SMILES string of the molecule is CC(C)(C)CCNC(=O)[C@@H]1CC[C@@H](N)C1. The van der Waals surface area contributed by atoms with Gasteiger partial charge in [-0.2, -0.15) is 0 Å². The van der Waals surface area contributed by atoms with Crippen LogP contribution in [0.4, 0.5) is 0 Å². The van der Waals surface area contributed by atoms with Crippen molar-refractivity contribution < 1.29 is 4.79 Å². The lowest BCUT2D eigenvalue weighted by Crippen LogP contribution is -2.32. The molecule has 1 saturated carbocycles. The molecule has 3 N–H and O–H groups in total. The summed E-state index contributed by atoms with van der Waals surface area (Å²) < 4.78 is 0. The maximum absolute atomic E-state index is 11.7. The monoisotopic (exact) mass is 212 g/mol. The Morgan fingerprint density at radius 3 is 2.53 bits per heavy atom. The van der Waals surface area contributed by atoms with Gasteiger partial charge in [0, 0.05) is 18.5 Å². The molecular formula is C12H24N2O. The fourth-order valence-corrected chi connectivity index (χ4v) is 1.96. The zero-order valence-electron chi connectivity index (χ0n) is 10.2. The van der Waals surface area contributed by atoms with Gasteiger partial charge in [-0.1, -0.05) is 20.8 Å². The van der Waals surface area contributed by atoms with Gasteiger partial charge in [-0.15, -0.1) is 0 Å². The molecule has 0 saturated heterocycles. The van der Waals surface area contributed by atoms with Crippen molar-refractivity contribution in [2.24, 2.45) is 17.1 Å². The van der Waals surface area contributed by atoms with Gasteiger partial charge in [0.1, 0.15) is 0 Å². The summed E-state index contributed by atoms with van der Waals surface area (Å²) in [6.45, 7) is 7.34. The molecule has 0 aliphatic heterocycles. The Morgan fingerprint density at radius 1 is 1.40 bits per heavy atom. The van der Waals surface area contributed by atoms with Gasteiger partial charge in [-0.05, 0) is 31.1 Å². The fraction of sp³-hybridized carbons (Fsp3) is 0.917. The van der Waals surface area contributed by atoms with Crippen molar-refractivity contribution in [1.82, 2.24) is 5.32 Å². The summed E-state index contributed by atoms with van der Waals surface area (Å²) in [5, 5.41) is 3.01. The molecule has 0 spiro atoms. The number of nitrogens with two attached hydrogens (primary N) is 1. The van der Waals surface area contributed by atoms with E-state index < -0.39 is 0 Å². The van der Waals surface area contributed by atoms with E-state index in [1.54, 1.807) is 0 Å². The second-order valence-electron chi connectivity index (χ2n) is 5.87. The Bertz CT molecular complexity index is 220. The Labute approximate surface area is 92.8 Å². The largest absolute Gasteiger partial charge is 0.356 e. The Balaban J connectivity index is 2.19. The van der Waals surface area contributed by atoms with Crippen LogP contribution in [0.25, 0.3) is 0 Å². The second-order valence-corrected chi connectivity index (χ2v) is 5.87. The van der Waals surface area contributed by atoms with E-state index in [0.29, 0.717) is 5.41 Å². The maximum Gasteiger partial charge on any atom is 0.223 e. The van der Waals surface area contributed by atoms with Crippen LogP contribution in [0, 0.1) is 11.3 Å². The van der Waals surface area contributed by atoms with Crippen LogP contribution < -0.4 is 11.1 Å². The molecule has 1 rings (SSSR count). The first-order chi connectivity index (χ1) is 6.88. The van der Waals surface area contributed by atoms with Gasteiger partial charge in [-0.25, -0.2) is 0 Å². The number of hydrogen-bond donors (Lipinski definition) is 2. The lowest BCUT2D eigenvalue weighted by Gasteiger charge is -2.19. The molecule has 0 heterocycles. The van der Waals surface area contributed by atoms with Crippen LogP contribution in [-0.2, 0) is 4.79 Å². The van der Waals surface area contributed by atoms with Crippen molar-refractivity contribution in [2.75, 3.05) is 6.54 Å². The van der Waals surface area contributed by atoms with Gasteiger partial charge in [0.2, 0.25) is 5.91 Å². The molecule has 0 unspecified atom stereocenters. The highest BCUT2D eigenvalue weighted by atomic mass is 16.1. The standard InChI is InChI=1S/C12H24N2O/c1-12(2,3)6-7-14-11(15)9-4-5-10(13)8-9/h9-10H,4-8,13H2,1-3H3,(H,14,15)/t9-,10-/m1/s1. The van der Waals surface area contributed by atoms with E-state index in [0.717, 1.165) is 32.2 Å². The highest BCUT2D eigenvalue weighted by Crippen LogP contribution is 2.24. The summed E-state index contributed by atoms with van der Waals surface area (Å²) in [6.07, 6.45) is 3.85. The maximum atomic E-state index is 11.7.